The zero-order valence-electron chi connectivity index (χ0n) is 36.2. The van der Waals surface area contributed by atoms with Crippen LogP contribution in [-0.4, -0.2) is 297 Å². The van der Waals surface area contributed by atoms with Crippen molar-refractivity contribution in [1.29, 1.82) is 0 Å². The molecule has 31 nitrogen and oxygen atoms in total. The molecule has 0 saturated carbocycles. The smallest absolute Gasteiger partial charge is 0.364 e. The zero-order chi connectivity index (χ0) is 50.7. The topological polar surface area (TPSA) is 502 Å². The number of amides is 2. The summed E-state index contributed by atoms with van der Waals surface area (Å²) < 4.78 is 50.7. The Balaban J connectivity index is 1.45. The van der Waals surface area contributed by atoms with Crippen molar-refractivity contribution in [2.45, 2.75) is 179 Å². The molecule has 5 saturated heterocycles. The highest BCUT2D eigenvalue weighted by Gasteiger charge is 2.61. The average molecular weight is 999 g/mol. The summed E-state index contributed by atoms with van der Waals surface area (Å²) in [7, 11) is 0. The van der Waals surface area contributed by atoms with Gasteiger partial charge in [-0.3, -0.25) is 9.59 Å². The van der Waals surface area contributed by atoms with Crippen molar-refractivity contribution in [3.05, 3.63) is 0 Å². The van der Waals surface area contributed by atoms with Crippen LogP contribution < -0.4 is 10.6 Å². The van der Waals surface area contributed by atoms with Crippen LogP contribution in [0.3, 0.4) is 0 Å². The highest BCUT2D eigenvalue weighted by Crippen LogP contribution is 2.39. The van der Waals surface area contributed by atoms with Gasteiger partial charge in [-0.2, -0.15) is 0 Å². The molecule has 0 bridgehead atoms. The Bertz CT molecular complexity index is 1660. The van der Waals surface area contributed by atoms with Crippen LogP contribution in [0.25, 0.3) is 0 Å². The van der Waals surface area contributed by atoms with E-state index in [1.54, 1.807) is 0 Å². The summed E-state index contributed by atoms with van der Waals surface area (Å²) in [4.78, 5) is 37.7. The second kappa shape index (κ2) is 23.8. The van der Waals surface area contributed by atoms with Crippen LogP contribution in [0.4, 0.5) is 0 Å². The molecule has 0 radical (unpaired) electrons. The van der Waals surface area contributed by atoms with Gasteiger partial charge in [0.25, 0.3) is 5.79 Å². The molecule has 5 fully saturated rings. The van der Waals surface area contributed by atoms with Gasteiger partial charge in [-0.25, -0.2) is 4.79 Å². The molecule has 5 aliphatic rings. The summed E-state index contributed by atoms with van der Waals surface area (Å²) in [5, 5.41) is 185. The van der Waals surface area contributed by atoms with Crippen LogP contribution in [0.15, 0.2) is 0 Å². The van der Waals surface area contributed by atoms with Crippen LogP contribution in [0.1, 0.15) is 20.3 Å². The summed E-state index contributed by atoms with van der Waals surface area (Å²) >= 11 is 0. The number of carbonyl (C=O) groups is 3. The van der Waals surface area contributed by atoms with Crippen molar-refractivity contribution in [3.63, 3.8) is 0 Å². The van der Waals surface area contributed by atoms with Crippen LogP contribution in [-0.2, 0) is 57.0 Å². The van der Waals surface area contributed by atoms with Crippen LogP contribution >= 0.6 is 0 Å². The zero-order valence-corrected chi connectivity index (χ0v) is 36.2. The summed E-state index contributed by atoms with van der Waals surface area (Å²) in [6.07, 6.45) is -47.6. The molecule has 5 rings (SSSR count). The van der Waals surface area contributed by atoms with E-state index in [1.165, 1.54) is 0 Å². The van der Waals surface area contributed by atoms with E-state index in [0.717, 1.165) is 13.8 Å². The number of nitrogens with one attached hydrogen (secondary N) is 2. The number of ether oxygens (including phenoxy) is 9. The van der Waals surface area contributed by atoms with E-state index in [1.807, 2.05) is 0 Å². The van der Waals surface area contributed by atoms with Gasteiger partial charge in [-0.1, -0.05) is 0 Å². The maximum atomic E-state index is 13.0. The number of carbonyl (C=O) groups excluding carboxylic acids is 2. The lowest BCUT2D eigenvalue weighted by atomic mass is 9.88. The van der Waals surface area contributed by atoms with E-state index in [4.69, 9.17) is 42.6 Å². The standard InChI is InChI=1S/C37H62N2O29/c1-9(45)38-17-11(47)3-37(36(58)59,67-29(17)19(49)12(48)4-40)68-31-22(52)15(7-43)63-35(26(31)56)65-28-18(39-10(2)46)33(61-13(5-41)20(28)50)66-30-21(51)14(6-42)62-34(25(30)55)64-27-16(8-44)60-32(57)24(54)23(27)53/h11-35,40-44,47-57H,3-8H2,1-2H3,(H,38,45)(H,39,46)(H,58,59)/t11-,12+,13+,14+,15+,16+,17+,18+,19+,20+,21-,22-,23-,24+,25+,26+,27+,28+,29?,30-,31-,32?,33-,34-,35-,37-/m0/s1. The Labute approximate surface area is 384 Å². The lowest BCUT2D eigenvalue weighted by Crippen LogP contribution is -2.71. The second-order valence-electron chi connectivity index (χ2n) is 16.8. The van der Waals surface area contributed by atoms with Crippen molar-refractivity contribution in [3.8, 4) is 0 Å². The molecule has 68 heavy (non-hydrogen) atoms. The normalized spacial score (nSPS) is 46.6. The molecule has 2 unspecified atom stereocenters. The molecule has 5 aliphatic heterocycles. The van der Waals surface area contributed by atoms with E-state index in [2.05, 4.69) is 10.6 Å². The number of carboxylic acids is 1. The van der Waals surface area contributed by atoms with Gasteiger partial charge in [0, 0.05) is 20.3 Å². The monoisotopic (exact) mass is 998 g/mol. The predicted molar refractivity (Wildman–Crippen MR) is 207 cm³/mol. The number of hydrogen-bond donors (Lipinski definition) is 19. The van der Waals surface area contributed by atoms with Gasteiger partial charge in [0.15, 0.2) is 25.2 Å². The summed E-state index contributed by atoms with van der Waals surface area (Å²) in [6, 6.07) is -3.51. The highest BCUT2D eigenvalue weighted by atomic mass is 16.8. The van der Waals surface area contributed by atoms with Gasteiger partial charge in [-0.05, 0) is 0 Å². The molecular formula is C37H62N2O29. The maximum Gasteiger partial charge on any atom is 0.364 e. The quantitative estimate of drug-likeness (QED) is 0.0606. The first-order chi connectivity index (χ1) is 32.0. The first kappa shape index (κ1) is 56.3. The first-order valence-corrected chi connectivity index (χ1v) is 21.2. The predicted octanol–water partition coefficient (Wildman–Crippen LogP) is -12.4. The van der Waals surface area contributed by atoms with Gasteiger partial charge in [-0.15, -0.1) is 0 Å². The van der Waals surface area contributed by atoms with E-state index < -0.39 is 216 Å². The Hall–Kier alpha value is -2.59. The third-order valence-electron chi connectivity index (χ3n) is 12.1. The third kappa shape index (κ3) is 11.8. The third-order valence-corrected chi connectivity index (χ3v) is 12.1. The van der Waals surface area contributed by atoms with Gasteiger partial charge >= 0.3 is 5.97 Å². The van der Waals surface area contributed by atoms with Crippen LogP contribution in [0, 0.1) is 0 Å². The lowest BCUT2D eigenvalue weighted by molar-refractivity contribution is -0.389. The van der Waals surface area contributed by atoms with E-state index >= 15 is 0 Å². The fourth-order valence-corrected chi connectivity index (χ4v) is 8.53. The minimum absolute atomic E-state index is 0.818. The second-order valence-corrected chi connectivity index (χ2v) is 16.8. The molecule has 26 atom stereocenters. The van der Waals surface area contributed by atoms with Crippen molar-refractivity contribution in [1.82, 2.24) is 10.6 Å². The molecule has 0 spiro atoms. The number of hydrogen-bond acceptors (Lipinski definition) is 28. The van der Waals surface area contributed by atoms with Gasteiger partial charge < -0.3 is 140 Å². The number of aliphatic hydroxyl groups excluding tert-OH is 16. The molecular weight excluding hydrogens is 936 g/mol. The molecule has 0 aromatic rings. The minimum Gasteiger partial charge on any atom is -0.477 e. The largest absolute Gasteiger partial charge is 0.477 e. The van der Waals surface area contributed by atoms with Crippen molar-refractivity contribution in [2.75, 3.05) is 33.0 Å². The summed E-state index contributed by atoms with van der Waals surface area (Å²) in [6.45, 7) is -3.28. The Morgan fingerprint density at radius 1 is 0.574 bits per heavy atom. The Kier molecular flexibility index (Phi) is 19.7. The Morgan fingerprint density at radius 3 is 1.53 bits per heavy atom. The lowest BCUT2D eigenvalue weighted by Gasteiger charge is -2.51. The average Bonchev–Trinajstić information content (AvgIpc) is 3.29. The molecule has 31 heteroatoms. The first-order valence-electron chi connectivity index (χ1n) is 21.2. The van der Waals surface area contributed by atoms with Crippen molar-refractivity contribution >= 4 is 17.8 Å². The van der Waals surface area contributed by atoms with Crippen molar-refractivity contribution in [2.24, 2.45) is 0 Å². The van der Waals surface area contributed by atoms with E-state index in [0.29, 0.717) is 0 Å². The molecule has 2 amide bonds. The summed E-state index contributed by atoms with van der Waals surface area (Å²) in [5.41, 5.74) is 0. The number of aliphatic hydroxyl groups is 16. The highest BCUT2D eigenvalue weighted by molar-refractivity contribution is 5.76. The molecule has 0 aromatic heterocycles. The van der Waals surface area contributed by atoms with Gasteiger partial charge in [0.05, 0.1) is 45.2 Å². The fourth-order valence-electron chi connectivity index (χ4n) is 8.53. The molecule has 5 heterocycles. The van der Waals surface area contributed by atoms with Gasteiger partial charge in [0.1, 0.15) is 116 Å². The fraction of sp³-hybridized carbons (Fsp3) is 0.919. The maximum absolute atomic E-state index is 13.0. The van der Waals surface area contributed by atoms with Crippen molar-refractivity contribution < 1.29 is 144 Å². The minimum atomic E-state index is -3.19. The van der Waals surface area contributed by atoms with Gasteiger partial charge in [0.2, 0.25) is 11.8 Å². The summed E-state index contributed by atoms with van der Waals surface area (Å²) in [5.74, 6) is -6.99. The van der Waals surface area contributed by atoms with E-state index in [9.17, 15) is 101 Å². The molecule has 0 aromatic carbocycles. The number of rotatable bonds is 18. The molecule has 19 N–H and O–H groups in total. The SMILES string of the molecule is CC(=O)N[C@H]1[C@H](O[C@H]2[C@@H](O)[C@@H](CO)O[C@@H](O[C@H]3[C@@H](O)[C@@H](O)C(O)O[C@@H]3CO)[C@@H]2O)O[C@H](CO)[C@@H](O)[C@@H]1O[C@@H]1O[C@H](CO)[C@H](O)[C@H](O[C@]2(C(=O)O)C[C@H](O)[C@@H](NC(C)=O)C([C@H](O)[C@H](O)CO)O2)[C@H]1O. The number of carboxylic acid groups (broad SMARTS) is 1. The molecule has 394 valence electrons. The van der Waals surface area contributed by atoms with E-state index in [-0.39, 0.29) is 0 Å². The number of aliphatic carboxylic acids is 1. The Morgan fingerprint density at radius 2 is 1.03 bits per heavy atom. The molecule has 0 aliphatic carbocycles. The van der Waals surface area contributed by atoms with Crippen LogP contribution in [0.5, 0.6) is 0 Å². The van der Waals surface area contributed by atoms with Crippen LogP contribution in [0.2, 0.25) is 0 Å².